The minimum Gasteiger partial charge on any atom is -0.467 e. The molecule has 1 saturated carbocycles. The Morgan fingerprint density at radius 3 is 2.31 bits per heavy atom. The van der Waals surface area contributed by atoms with Crippen LogP contribution in [0.1, 0.15) is 49.0 Å². The molecule has 0 bridgehead atoms. The van der Waals surface area contributed by atoms with Crippen molar-refractivity contribution < 1.29 is 38.9 Å². The highest BCUT2D eigenvalue weighted by Gasteiger charge is 2.36. The number of rotatable bonds is 11. The molecule has 15 heteroatoms. The van der Waals surface area contributed by atoms with Crippen LogP contribution in [0.2, 0.25) is 0 Å². The van der Waals surface area contributed by atoms with E-state index in [-0.39, 0.29) is 75.2 Å². The summed E-state index contributed by atoms with van der Waals surface area (Å²) in [6.07, 6.45) is 3.17. The first-order chi connectivity index (χ1) is 21.7. The Hall–Kier alpha value is -4.66. The maximum Gasteiger partial charge on any atom is 0.407 e. The fourth-order valence-electron chi connectivity index (χ4n) is 5.70. The normalized spacial score (nSPS) is 19.0. The van der Waals surface area contributed by atoms with Gasteiger partial charge in [0.25, 0.3) is 11.8 Å². The van der Waals surface area contributed by atoms with Gasteiger partial charge in [0.2, 0.25) is 17.7 Å². The van der Waals surface area contributed by atoms with Gasteiger partial charge in [-0.25, -0.2) is 9.48 Å². The third-order valence-corrected chi connectivity index (χ3v) is 8.46. The van der Waals surface area contributed by atoms with Gasteiger partial charge >= 0.3 is 6.09 Å². The lowest BCUT2D eigenvalue weighted by molar-refractivity contribution is -0.140. The number of hydrogen-bond acceptors (Lipinski definition) is 8. The quantitative estimate of drug-likeness (QED) is 0.271. The number of likely N-dealkylation sites (tertiary alicyclic amines) is 1. The topological polar surface area (TPSA) is 187 Å². The summed E-state index contributed by atoms with van der Waals surface area (Å²) in [6, 6.07) is 8.80. The number of carboxylic acid groups (broad SMARTS) is 1. The number of hydrogen-bond donors (Lipinski definition) is 4. The summed E-state index contributed by atoms with van der Waals surface area (Å²) in [7, 11) is 0. The first kappa shape index (κ1) is 31.8. The van der Waals surface area contributed by atoms with Crippen LogP contribution in [0, 0.1) is 0 Å². The average Bonchev–Trinajstić information content (AvgIpc) is 3.70. The van der Waals surface area contributed by atoms with Crippen LogP contribution in [0.3, 0.4) is 0 Å². The number of aromatic nitrogens is 2. The SMILES string of the molecule is O=C(N[C@@H](CCO)C(=O)N1CCN(C(=O)O)CC1)c1cc(OCC(=O)N2CCC[C@H]2C(=O)NC2CCC2)n(-c2ccccc2)n1. The number of nitrogens with zero attached hydrogens (tertiary/aromatic N) is 5. The lowest BCUT2D eigenvalue weighted by atomic mass is 9.93. The first-order valence-corrected chi connectivity index (χ1v) is 15.3. The smallest absolute Gasteiger partial charge is 0.407 e. The number of piperazine rings is 1. The number of aliphatic hydroxyl groups excluding tert-OH is 1. The largest absolute Gasteiger partial charge is 0.467 e. The first-order valence-electron chi connectivity index (χ1n) is 15.3. The molecule has 3 heterocycles. The van der Waals surface area contributed by atoms with E-state index in [1.54, 1.807) is 24.3 Å². The van der Waals surface area contributed by atoms with E-state index in [4.69, 9.17) is 4.74 Å². The van der Waals surface area contributed by atoms with E-state index < -0.39 is 30.0 Å². The molecule has 45 heavy (non-hydrogen) atoms. The fourth-order valence-corrected chi connectivity index (χ4v) is 5.70. The van der Waals surface area contributed by atoms with Gasteiger partial charge in [0.05, 0.1) is 5.69 Å². The highest BCUT2D eigenvalue weighted by atomic mass is 16.5. The number of para-hydroxylation sites is 1. The van der Waals surface area contributed by atoms with E-state index in [0.29, 0.717) is 25.1 Å². The number of nitrogens with one attached hydrogen (secondary N) is 2. The van der Waals surface area contributed by atoms with Gasteiger partial charge in [-0.1, -0.05) is 18.2 Å². The molecule has 4 N–H and O–H groups in total. The van der Waals surface area contributed by atoms with Crippen molar-refractivity contribution in [2.45, 2.75) is 56.7 Å². The van der Waals surface area contributed by atoms with E-state index in [9.17, 15) is 34.2 Å². The zero-order valence-corrected chi connectivity index (χ0v) is 25.0. The van der Waals surface area contributed by atoms with Gasteiger partial charge in [0, 0.05) is 51.4 Å². The van der Waals surface area contributed by atoms with Gasteiger partial charge in [-0.2, -0.15) is 5.10 Å². The second-order valence-corrected chi connectivity index (χ2v) is 11.4. The molecule has 0 unspecified atom stereocenters. The summed E-state index contributed by atoms with van der Waals surface area (Å²) in [4.78, 5) is 68.0. The van der Waals surface area contributed by atoms with E-state index >= 15 is 0 Å². The summed E-state index contributed by atoms with van der Waals surface area (Å²) < 4.78 is 7.27. The van der Waals surface area contributed by atoms with Crippen molar-refractivity contribution in [2.75, 3.05) is 45.9 Å². The third kappa shape index (κ3) is 7.53. The van der Waals surface area contributed by atoms with Gasteiger partial charge < -0.3 is 40.3 Å². The summed E-state index contributed by atoms with van der Waals surface area (Å²) in [5, 5.41) is 28.8. The third-order valence-electron chi connectivity index (χ3n) is 8.46. The van der Waals surface area contributed by atoms with Crippen LogP contribution in [0.5, 0.6) is 5.88 Å². The van der Waals surface area contributed by atoms with Gasteiger partial charge in [0.1, 0.15) is 12.1 Å². The monoisotopic (exact) mass is 625 g/mol. The molecule has 5 rings (SSSR count). The van der Waals surface area contributed by atoms with Crippen molar-refractivity contribution in [2.24, 2.45) is 0 Å². The second-order valence-electron chi connectivity index (χ2n) is 11.4. The highest BCUT2D eigenvalue weighted by Crippen LogP contribution is 2.23. The molecule has 5 amide bonds. The highest BCUT2D eigenvalue weighted by molar-refractivity contribution is 5.96. The Bertz CT molecular complexity index is 1390. The van der Waals surface area contributed by atoms with Gasteiger partial charge in [-0.15, -0.1) is 0 Å². The van der Waals surface area contributed by atoms with E-state index in [1.165, 1.54) is 25.4 Å². The molecule has 2 saturated heterocycles. The number of amides is 5. The molecule has 0 spiro atoms. The van der Waals surface area contributed by atoms with Crippen LogP contribution in [0.25, 0.3) is 5.69 Å². The standard InChI is InChI=1S/C30H39N7O8/c38-17-11-22(29(42)34-13-15-35(16-14-34)30(43)44)32-27(40)23-18-26(37(33-23)21-8-2-1-3-9-21)45-19-25(39)36-12-5-10-24(36)28(41)31-20-6-4-7-20/h1-3,8-9,18,20,22,24,38H,4-7,10-17,19H2,(H,31,41)(H,32,40)(H,43,44)/t22-,24-/m0/s1. The molecule has 2 aliphatic heterocycles. The number of ether oxygens (including phenoxy) is 1. The van der Waals surface area contributed by atoms with Crippen molar-refractivity contribution in [1.82, 2.24) is 35.1 Å². The molecular weight excluding hydrogens is 586 g/mol. The molecule has 3 fully saturated rings. The van der Waals surface area contributed by atoms with Crippen LogP contribution in [-0.4, -0.2) is 128 Å². The zero-order valence-electron chi connectivity index (χ0n) is 25.0. The second kappa shape index (κ2) is 14.4. The molecule has 1 aromatic heterocycles. The molecular formula is C30H39N7O8. The summed E-state index contributed by atoms with van der Waals surface area (Å²) in [5.74, 6) is -1.51. The molecule has 3 aliphatic rings. The van der Waals surface area contributed by atoms with Crippen molar-refractivity contribution in [3.63, 3.8) is 0 Å². The predicted molar refractivity (Wildman–Crippen MR) is 159 cm³/mol. The Labute approximate surface area is 260 Å². The molecule has 1 aliphatic carbocycles. The van der Waals surface area contributed by atoms with E-state index in [1.807, 2.05) is 6.07 Å². The number of carbonyl (C=O) groups is 5. The van der Waals surface area contributed by atoms with Crippen LogP contribution < -0.4 is 15.4 Å². The molecule has 15 nitrogen and oxygen atoms in total. The molecule has 242 valence electrons. The van der Waals surface area contributed by atoms with Crippen molar-refractivity contribution in [3.05, 3.63) is 42.1 Å². The van der Waals surface area contributed by atoms with Crippen molar-refractivity contribution in [1.29, 1.82) is 0 Å². The van der Waals surface area contributed by atoms with Crippen LogP contribution in [0.4, 0.5) is 4.79 Å². The zero-order chi connectivity index (χ0) is 31.9. The van der Waals surface area contributed by atoms with Crippen molar-refractivity contribution >= 4 is 29.7 Å². The molecule has 2 aromatic rings. The Balaban J connectivity index is 1.27. The number of carbonyl (C=O) groups excluding carboxylic acids is 4. The van der Waals surface area contributed by atoms with Crippen LogP contribution >= 0.6 is 0 Å². The van der Waals surface area contributed by atoms with Gasteiger partial charge in [-0.3, -0.25) is 19.2 Å². The van der Waals surface area contributed by atoms with Gasteiger partial charge in [0.15, 0.2) is 12.3 Å². The summed E-state index contributed by atoms with van der Waals surface area (Å²) >= 11 is 0. The molecule has 1 aromatic carbocycles. The minimum absolute atomic E-state index is 0.0493. The summed E-state index contributed by atoms with van der Waals surface area (Å²) in [5.41, 5.74) is 0.490. The summed E-state index contributed by atoms with van der Waals surface area (Å²) in [6.45, 7) is 0.325. The van der Waals surface area contributed by atoms with Gasteiger partial charge in [-0.05, 0) is 50.7 Å². The lowest BCUT2D eigenvalue weighted by Crippen LogP contribution is -2.55. The molecule has 2 atom stereocenters. The fraction of sp³-hybridized carbons (Fsp3) is 0.533. The maximum atomic E-state index is 13.3. The Morgan fingerprint density at radius 1 is 0.956 bits per heavy atom. The predicted octanol–water partition coefficient (Wildman–Crippen LogP) is 0.214. The minimum atomic E-state index is -1.06. The van der Waals surface area contributed by atoms with Crippen molar-refractivity contribution in [3.8, 4) is 11.6 Å². The van der Waals surface area contributed by atoms with Crippen LogP contribution in [-0.2, 0) is 14.4 Å². The molecule has 0 radical (unpaired) electrons. The van der Waals surface area contributed by atoms with Crippen LogP contribution in [0.15, 0.2) is 36.4 Å². The van der Waals surface area contributed by atoms with E-state index in [2.05, 4.69) is 15.7 Å². The number of aliphatic hydroxyl groups is 1. The lowest BCUT2D eigenvalue weighted by Gasteiger charge is -2.35. The number of benzene rings is 1. The maximum absolute atomic E-state index is 13.3. The average molecular weight is 626 g/mol. The van der Waals surface area contributed by atoms with E-state index in [0.717, 1.165) is 19.3 Å². The Kier molecular flexibility index (Phi) is 10.2. The Morgan fingerprint density at radius 2 is 1.67 bits per heavy atom.